The molecule has 0 aliphatic heterocycles. The number of unbranched alkanes of at least 4 members (excludes halogenated alkanes) is 1. The van der Waals surface area contributed by atoms with Gasteiger partial charge in [0.1, 0.15) is 0 Å². The Hall–Kier alpha value is -1.40. The molecule has 0 saturated heterocycles. The topological polar surface area (TPSA) is 41.6 Å². The molecule has 2 heterocycles. The van der Waals surface area contributed by atoms with Gasteiger partial charge in [0, 0.05) is 0 Å². The van der Waals surface area contributed by atoms with E-state index in [1.54, 1.807) is 6.33 Å². The molecule has 0 spiro atoms. The van der Waals surface area contributed by atoms with Gasteiger partial charge in [-0.2, -0.15) is 0 Å². The van der Waals surface area contributed by atoms with Crippen molar-refractivity contribution in [2.24, 2.45) is 0 Å². The number of hydrogen-bond donors (Lipinski definition) is 1. The summed E-state index contributed by atoms with van der Waals surface area (Å²) in [5.41, 5.74) is 3.74. The van der Waals surface area contributed by atoms with Crippen molar-refractivity contribution in [2.45, 2.75) is 31.6 Å². The van der Waals surface area contributed by atoms with Crippen LogP contribution in [0.5, 0.6) is 0 Å². The Morgan fingerprint density at radius 3 is 2.54 bits per heavy atom. The molecule has 0 aliphatic carbocycles. The summed E-state index contributed by atoms with van der Waals surface area (Å²) in [6.07, 6.45) is 10.5. The molecule has 0 amide bonds. The molecule has 0 radical (unpaired) electrons. The van der Waals surface area contributed by atoms with Crippen molar-refractivity contribution in [1.29, 1.82) is 0 Å². The van der Waals surface area contributed by atoms with Gasteiger partial charge in [-0.1, -0.05) is 0 Å². The average Bonchev–Trinajstić information content (AvgIpc) is 3.21. The maximum absolute atomic E-state index is 6.11. The van der Waals surface area contributed by atoms with Crippen LogP contribution in [0.3, 0.4) is 0 Å². The van der Waals surface area contributed by atoms with Crippen LogP contribution in [-0.4, -0.2) is 33.7 Å². The van der Waals surface area contributed by atoms with E-state index in [0.29, 0.717) is 5.92 Å². The van der Waals surface area contributed by atoms with Gasteiger partial charge in [-0.3, -0.25) is 0 Å². The zero-order valence-electron chi connectivity index (χ0n) is 16.7. The number of pyridine rings is 1. The summed E-state index contributed by atoms with van der Waals surface area (Å²) in [5.74, 6) is 0.353. The number of aromatic nitrogens is 3. The molecule has 1 N–H and O–H groups in total. The van der Waals surface area contributed by atoms with Crippen LogP contribution in [0, 0.1) is 0 Å². The third-order valence-electron chi connectivity index (χ3n) is 5.12. The Morgan fingerprint density at radius 1 is 1.04 bits per heavy atom. The Bertz CT molecular complexity index is 817. The van der Waals surface area contributed by atoms with Gasteiger partial charge in [-0.25, -0.2) is 0 Å². The van der Waals surface area contributed by atoms with Gasteiger partial charge in [0.2, 0.25) is 0 Å². The van der Waals surface area contributed by atoms with Gasteiger partial charge >= 0.3 is 178 Å². The third-order valence-corrected chi connectivity index (χ3v) is 12.6. The Balaban J connectivity index is 1.58. The van der Waals surface area contributed by atoms with E-state index in [9.17, 15) is 0 Å². The van der Waals surface area contributed by atoms with Crippen LogP contribution in [0.1, 0.15) is 42.1 Å². The molecule has 3 aromatic rings. The molecule has 28 heavy (non-hydrogen) atoms. The zero-order valence-corrected chi connectivity index (χ0v) is 19.7. The number of alkyl halides is 4. The first-order valence-corrected chi connectivity index (χ1v) is 17.5. The molecular weight excluding hydrogens is 481 g/mol. The van der Waals surface area contributed by atoms with Crippen molar-refractivity contribution in [3.05, 3.63) is 83.2 Å². The first kappa shape index (κ1) is 21.3. The van der Waals surface area contributed by atoms with Crippen LogP contribution in [0.4, 0.5) is 0 Å². The molecule has 1 atom stereocenters. The van der Waals surface area contributed by atoms with Gasteiger partial charge in [0.25, 0.3) is 0 Å². The second-order valence-electron chi connectivity index (χ2n) is 7.70. The summed E-state index contributed by atoms with van der Waals surface area (Å²) in [5, 5.41) is 0.790. The zero-order chi connectivity index (χ0) is 19.8. The predicted octanol–water partition coefficient (Wildman–Crippen LogP) is 2.42. The minimum absolute atomic E-state index is 0.353. The van der Waals surface area contributed by atoms with Crippen LogP contribution < -0.4 is 18.4 Å². The molecule has 0 saturated carbocycles. The fourth-order valence-electron chi connectivity index (χ4n) is 3.45. The number of nitrogens with one attached hydrogen (secondary N) is 1. The number of imidazole rings is 1. The van der Waals surface area contributed by atoms with Crippen LogP contribution in [0.2, 0.25) is 5.02 Å². The van der Waals surface area contributed by atoms with E-state index in [2.05, 4.69) is 49.1 Å². The number of H-pyrrole nitrogens is 1. The molecule has 3 rings (SSSR count). The molecule has 0 fully saturated rings. The Kier molecular flexibility index (Phi) is 7.91. The molecule has 0 aliphatic rings. The molecule has 5 heteroatoms. The van der Waals surface area contributed by atoms with Gasteiger partial charge < -0.3 is 0 Å². The Morgan fingerprint density at radius 2 is 1.86 bits per heavy atom. The Labute approximate surface area is 177 Å². The van der Waals surface area contributed by atoms with Crippen molar-refractivity contribution in [2.75, 3.05) is 18.7 Å². The normalized spacial score (nSPS) is 13.4. The summed E-state index contributed by atoms with van der Waals surface area (Å²) in [6.45, 7) is 0. The van der Waals surface area contributed by atoms with E-state index in [1.807, 2.05) is 30.6 Å². The predicted molar refractivity (Wildman–Crippen MR) is 115 cm³/mol. The first-order chi connectivity index (χ1) is 13.5. The standard InChI is InChI=1S/C23H30ClIN3/c1-25(2,14-5-3-7-21-17-26-18-28-21)15-13-22(23-8-4-6-16-27-23)19-9-11-20(24)12-10-19/h4,6,8-12,16-18,22H,3,5,7,13-15H2,1-2H3,(H,26,28)/q-1. The summed E-state index contributed by atoms with van der Waals surface area (Å²) < 4.78 is 2.76. The van der Waals surface area contributed by atoms with Gasteiger partial charge in [-0.15, -0.1) is 0 Å². The molecule has 152 valence electrons. The monoisotopic (exact) mass is 510 g/mol. The van der Waals surface area contributed by atoms with Crippen molar-refractivity contribution < 1.29 is 18.4 Å². The molecular formula is C23H30ClIN3-. The third kappa shape index (κ3) is 6.59. The van der Waals surface area contributed by atoms with Crippen molar-refractivity contribution in [3.63, 3.8) is 0 Å². The van der Waals surface area contributed by atoms with E-state index in [0.717, 1.165) is 11.4 Å². The average molecular weight is 511 g/mol. The van der Waals surface area contributed by atoms with E-state index in [1.165, 1.54) is 45.1 Å². The molecule has 0 bridgehead atoms. The van der Waals surface area contributed by atoms with E-state index < -0.39 is 18.4 Å². The number of rotatable bonds is 10. The molecule has 1 aromatic carbocycles. The summed E-state index contributed by atoms with van der Waals surface area (Å²) in [7, 11) is 0. The summed E-state index contributed by atoms with van der Waals surface area (Å²) >= 11 is 4.40. The van der Waals surface area contributed by atoms with Crippen LogP contribution in [0.15, 0.2) is 61.2 Å². The maximum atomic E-state index is 6.11. The molecule has 1 unspecified atom stereocenters. The van der Waals surface area contributed by atoms with E-state index in [-0.39, 0.29) is 0 Å². The second-order valence-corrected chi connectivity index (χ2v) is 19.6. The van der Waals surface area contributed by atoms with Crippen LogP contribution in [-0.2, 0) is 6.42 Å². The number of nitrogens with zero attached hydrogens (tertiary/aromatic N) is 2. The van der Waals surface area contributed by atoms with Gasteiger partial charge in [0.15, 0.2) is 0 Å². The van der Waals surface area contributed by atoms with Crippen molar-refractivity contribution in [1.82, 2.24) is 15.0 Å². The van der Waals surface area contributed by atoms with E-state index in [4.69, 9.17) is 11.6 Å². The fourth-order valence-corrected chi connectivity index (χ4v) is 9.03. The first-order valence-electron chi connectivity index (χ1n) is 9.75. The number of aryl methyl sites for hydroxylation is 1. The number of hydrogen-bond acceptors (Lipinski definition) is 2. The second kappa shape index (κ2) is 10.4. The van der Waals surface area contributed by atoms with Gasteiger partial charge in [0.05, 0.1) is 0 Å². The SMILES string of the molecule is C[I-](C)(CCCCc1cnc[nH]1)CCC(c1ccc(Cl)cc1)c1ccccn1. The molecule has 2 aromatic heterocycles. The summed E-state index contributed by atoms with van der Waals surface area (Å²) in [6, 6.07) is 14.5. The number of benzene rings is 1. The van der Waals surface area contributed by atoms with E-state index >= 15 is 0 Å². The van der Waals surface area contributed by atoms with Crippen molar-refractivity contribution in [3.8, 4) is 0 Å². The number of aromatic amines is 1. The molecule has 3 nitrogen and oxygen atoms in total. The minimum atomic E-state index is -1.71. The van der Waals surface area contributed by atoms with Crippen LogP contribution in [0.25, 0.3) is 0 Å². The summed E-state index contributed by atoms with van der Waals surface area (Å²) in [4.78, 5) is 17.1. The fraction of sp³-hybridized carbons (Fsp3) is 0.391. The van der Waals surface area contributed by atoms with Crippen LogP contribution >= 0.6 is 11.6 Å². The quantitative estimate of drug-likeness (QED) is 0.259. The number of halogens is 2. The van der Waals surface area contributed by atoms with Gasteiger partial charge in [-0.05, 0) is 0 Å². The van der Waals surface area contributed by atoms with Crippen molar-refractivity contribution >= 4 is 11.6 Å².